The largest absolute Gasteiger partial charge is 0.492 e. The lowest BCUT2D eigenvalue weighted by Crippen LogP contribution is -2.04. The van der Waals surface area contributed by atoms with Gasteiger partial charge in [0.15, 0.2) is 0 Å². The zero-order valence-corrected chi connectivity index (χ0v) is 9.04. The van der Waals surface area contributed by atoms with Crippen LogP contribution in [0.1, 0.15) is 13.3 Å². The van der Waals surface area contributed by atoms with E-state index in [0.717, 1.165) is 6.07 Å². The lowest BCUT2D eigenvalue weighted by Gasteiger charge is -2.08. The van der Waals surface area contributed by atoms with Crippen molar-refractivity contribution in [2.75, 3.05) is 6.61 Å². The third-order valence-electron chi connectivity index (χ3n) is 1.68. The van der Waals surface area contributed by atoms with Crippen molar-refractivity contribution in [1.82, 2.24) is 5.73 Å². The first-order valence-corrected chi connectivity index (χ1v) is 5.85. The van der Waals surface area contributed by atoms with Crippen LogP contribution in [0.2, 0.25) is 0 Å². The molecule has 1 rings (SSSR count). The summed E-state index contributed by atoms with van der Waals surface area (Å²) in [4.78, 5) is -0.299. The van der Waals surface area contributed by atoms with Crippen LogP contribution in [0, 0.1) is 0 Å². The second kappa shape index (κ2) is 4.50. The lowest BCUT2D eigenvalue weighted by molar-refractivity contribution is 0.308. The predicted octanol–water partition coefficient (Wildman–Crippen LogP) is 1.64. The van der Waals surface area contributed by atoms with Crippen molar-refractivity contribution in [3.05, 3.63) is 18.2 Å². The molecule has 0 aromatic heterocycles. The Bertz CT molecular complexity index is 441. The maximum absolute atomic E-state index is 10.9. The normalized spacial score (nSPS) is 11.3. The van der Waals surface area contributed by atoms with Crippen LogP contribution in [0.15, 0.2) is 23.1 Å². The van der Waals surface area contributed by atoms with Gasteiger partial charge in [0.05, 0.1) is 12.3 Å². The molecule has 1 aromatic rings. The minimum atomic E-state index is -4.29. The highest BCUT2D eigenvalue weighted by Gasteiger charge is 2.16. The monoisotopic (exact) mass is 230 g/mol. The van der Waals surface area contributed by atoms with Gasteiger partial charge in [0.1, 0.15) is 10.6 Å². The zero-order chi connectivity index (χ0) is 11.5. The summed E-state index contributed by atoms with van der Waals surface area (Å²) >= 11 is 0. The molecule has 0 atom stereocenters. The van der Waals surface area contributed by atoms with E-state index in [1.165, 1.54) is 12.1 Å². The summed E-state index contributed by atoms with van der Waals surface area (Å²) in [7, 11) is -4.29. The number of benzene rings is 1. The summed E-state index contributed by atoms with van der Waals surface area (Å²) in [6, 6.07) is 3.70. The van der Waals surface area contributed by atoms with E-state index in [4.69, 9.17) is 15.0 Å². The maximum Gasteiger partial charge on any atom is 0.298 e. The van der Waals surface area contributed by atoms with Crippen LogP contribution in [-0.2, 0) is 10.1 Å². The molecule has 0 unspecified atom stereocenters. The van der Waals surface area contributed by atoms with Crippen molar-refractivity contribution in [3.8, 4) is 5.75 Å². The van der Waals surface area contributed by atoms with E-state index in [1.54, 1.807) is 0 Å². The molecular weight excluding hydrogens is 218 g/mol. The molecule has 1 aromatic carbocycles. The second-order valence-electron chi connectivity index (χ2n) is 2.99. The second-order valence-corrected chi connectivity index (χ2v) is 4.38. The van der Waals surface area contributed by atoms with Crippen molar-refractivity contribution in [2.45, 2.75) is 18.2 Å². The summed E-state index contributed by atoms with van der Waals surface area (Å²) in [5.74, 6) is 0.0202. The van der Waals surface area contributed by atoms with E-state index < -0.39 is 10.1 Å². The molecule has 1 radical (unpaired) electrons. The van der Waals surface area contributed by atoms with Gasteiger partial charge >= 0.3 is 0 Å². The maximum atomic E-state index is 10.9. The molecule has 0 saturated heterocycles. The molecule has 0 fully saturated rings. The number of hydrogen-bond donors (Lipinski definition) is 1. The van der Waals surface area contributed by atoms with Gasteiger partial charge in [0.25, 0.3) is 10.1 Å². The third kappa shape index (κ3) is 3.10. The van der Waals surface area contributed by atoms with Crippen molar-refractivity contribution < 1.29 is 17.7 Å². The molecule has 2 N–H and O–H groups in total. The third-order valence-corrected chi connectivity index (χ3v) is 2.58. The first kappa shape index (κ1) is 11.8. The Balaban J connectivity index is 3.15. The van der Waals surface area contributed by atoms with Crippen LogP contribution in [0.25, 0.3) is 0 Å². The van der Waals surface area contributed by atoms with Crippen molar-refractivity contribution in [3.63, 3.8) is 0 Å². The molecule has 0 aliphatic carbocycles. The van der Waals surface area contributed by atoms with E-state index in [9.17, 15) is 8.42 Å². The van der Waals surface area contributed by atoms with Crippen LogP contribution < -0.4 is 10.5 Å². The minimum absolute atomic E-state index is 0.0202. The molecule has 0 spiro atoms. The standard InChI is InChI=1S/C9H12NO4S/c1-2-5-14-8-6-7(10)3-4-9(8)15(11,12)13/h3-4,6,10H,2,5H2,1H3,(H,11,12,13). The fourth-order valence-corrected chi connectivity index (χ4v) is 1.66. The van der Waals surface area contributed by atoms with Crippen LogP contribution in [0.5, 0.6) is 5.75 Å². The molecule has 15 heavy (non-hydrogen) atoms. The van der Waals surface area contributed by atoms with Crippen LogP contribution >= 0.6 is 0 Å². The summed E-state index contributed by atoms with van der Waals surface area (Å²) in [5.41, 5.74) is 7.45. The summed E-state index contributed by atoms with van der Waals surface area (Å²) < 4.78 is 35.9. The molecule has 83 valence electrons. The van der Waals surface area contributed by atoms with E-state index in [0.29, 0.717) is 13.0 Å². The molecule has 6 heteroatoms. The number of nitrogens with one attached hydrogen (secondary N) is 1. The number of ether oxygens (including phenoxy) is 1. The van der Waals surface area contributed by atoms with Crippen molar-refractivity contribution in [2.24, 2.45) is 0 Å². The molecule has 0 amide bonds. The average Bonchev–Trinajstić information content (AvgIpc) is 2.12. The molecule has 0 aliphatic rings. The van der Waals surface area contributed by atoms with Crippen molar-refractivity contribution in [1.29, 1.82) is 0 Å². The van der Waals surface area contributed by atoms with Crippen molar-refractivity contribution >= 4 is 15.8 Å². The Hall–Kier alpha value is -1.27. The first-order chi connectivity index (χ1) is 6.95. The Labute approximate surface area is 88.6 Å². The topological polar surface area (TPSA) is 87.4 Å². The van der Waals surface area contributed by atoms with Gasteiger partial charge in [-0.1, -0.05) is 6.92 Å². The fourth-order valence-electron chi connectivity index (χ4n) is 1.05. The van der Waals surface area contributed by atoms with Crippen LogP contribution in [0.4, 0.5) is 5.69 Å². The Kier molecular flexibility index (Phi) is 3.54. The fraction of sp³-hybridized carbons (Fsp3) is 0.333. The van der Waals surface area contributed by atoms with Gasteiger partial charge in [-0.15, -0.1) is 0 Å². The molecule has 5 nitrogen and oxygen atoms in total. The Morgan fingerprint density at radius 3 is 2.67 bits per heavy atom. The summed E-state index contributed by atoms with van der Waals surface area (Å²) in [6.45, 7) is 2.21. The van der Waals surface area contributed by atoms with Gasteiger partial charge in [0.2, 0.25) is 0 Å². The lowest BCUT2D eigenvalue weighted by atomic mass is 10.3. The molecule has 0 bridgehead atoms. The number of hydrogen-bond acceptors (Lipinski definition) is 3. The molecule has 0 saturated carbocycles. The van der Waals surface area contributed by atoms with Gasteiger partial charge in [-0.3, -0.25) is 4.55 Å². The number of rotatable bonds is 4. The zero-order valence-electron chi connectivity index (χ0n) is 8.23. The van der Waals surface area contributed by atoms with Gasteiger partial charge in [0, 0.05) is 6.07 Å². The molecule has 0 heterocycles. The van der Waals surface area contributed by atoms with Gasteiger partial charge in [-0.25, -0.2) is 0 Å². The van der Waals surface area contributed by atoms with E-state index >= 15 is 0 Å². The van der Waals surface area contributed by atoms with Crippen LogP contribution in [0.3, 0.4) is 0 Å². The Morgan fingerprint density at radius 2 is 2.13 bits per heavy atom. The average molecular weight is 230 g/mol. The van der Waals surface area contributed by atoms with Gasteiger partial charge in [-0.05, 0) is 18.6 Å². The van der Waals surface area contributed by atoms with Gasteiger partial charge < -0.3 is 10.5 Å². The molecular formula is C9H12NO4S. The smallest absolute Gasteiger partial charge is 0.298 e. The van der Waals surface area contributed by atoms with E-state index in [-0.39, 0.29) is 16.3 Å². The van der Waals surface area contributed by atoms with Gasteiger partial charge in [-0.2, -0.15) is 8.42 Å². The van der Waals surface area contributed by atoms with E-state index in [2.05, 4.69) is 0 Å². The highest BCUT2D eigenvalue weighted by atomic mass is 32.2. The quantitative estimate of drug-likeness (QED) is 0.796. The highest BCUT2D eigenvalue weighted by Crippen LogP contribution is 2.26. The van der Waals surface area contributed by atoms with Crippen LogP contribution in [-0.4, -0.2) is 19.6 Å². The Morgan fingerprint density at radius 1 is 1.47 bits per heavy atom. The van der Waals surface area contributed by atoms with E-state index in [1.807, 2.05) is 6.92 Å². The summed E-state index contributed by atoms with van der Waals surface area (Å²) in [6.07, 6.45) is 0.715. The highest BCUT2D eigenvalue weighted by molar-refractivity contribution is 7.86. The first-order valence-electron chi connectivity index (χ1n) is 4.41. The molecule has 0 aliphatic heterocycles. The summed E-state index contributed by atoms with van der Waals surface area (Å²) in [5, 5.41) is 0. The SMILES string of the molecule is CCCOc1cc([NH])ccc1S(=O)(=O)O. The minimum Gasteiger partial charge on any atom is -0.492 e. The predicted molar refractivity (Wildman–Crippen MR) is 54.8 cm³/mol.